The molecule has 0 heterocycles. The molecule has 0 amide bonds. The van der Waals surface area contributed by atoms with Crippen LogP contribution >= 0.6 is 0 Å². The molecule has 3 N–H and O–H groups in total. The number of hydrogen-bond acceptors (Lipinski definition) is 3. The third kappa shape index (κ3) is 6.80. The minimum absolute atomic E-state index is 0.00714. The first kappa shape index (κ1) is 18.6. The van der Waals surface area contributed by atoms with Crippen LogP contribution < -0.4 is 10.6 Å². The monoisotopic (exact) mass is 341 g/mol. The summed E-state index contributed by atoms with van der Waals surface area (Å²) < 4.78 is 32.2. The van der Waals surface area contributed by atoms with Gasteiger partial charge in [0.2, 0.25) is 0 Å². The Morgan fingerprint density at radius 3 is 2.88 bits per heavy atom. The number of ether oxygens (including phenoxy) is 1. The van der Waals surface area contributed by atoms with Crippen molar-refractivity contribution in [3.63, 3.8) is 0 Å². The van der Waals surface area contributed by atoms with Crippen LogP contribution in [0.4, 0.5) is 8.78 Å². The Labute approximate surface area is 141 Å². The lowest BCUT2D eigenvalue weighted by atomic mass is 10.2. The highest BCUT2D eigenvalue weighted by molar-refractivity contribution is 5.79. The van der Waals surface area contributed by atoms with Crippen molar-refractivity contribution in [3.8, 4) is 0 Å². The van der Waals surface area contributed by atoms with Gasteiger partial charge in [0.05, 0.1) is 19.3 Å². The van der Waals surface area contributed by atoms with Crippen LogP contribution in [0.15, 0.2) is 23.2 Å². The maximum Gasteiger partial charge on any atom is 0.191 e. The minimum atomic E-state index is -0.654. The molecule has 1 aromatic rings. The number of aliphatic imine (C=N–C) groups is 1. The molecule has 134 valence electrons. The summed E-state index contributed by atoms with van der Waals surface area (Å²) >= 11 is 0. The Kier molecular flexibility index (Phi) is 7.39. The second kappa shape index (κ2) is 9.54. The molecule has 1 atom stereocenters. The first-order valence-electron chi connectivity index (χ1n) is 8.30. The number of hydrogen-bond donors (Lipinski definition) is 3. The van der Waals surface area contributed by atoms with E-state index < -0.39 is 17.7 Å². The molecule has 1 aromatic carbocycles. The van der Waals surface area contributed by atoms with Gasteiger partial charge in [0.15, 0.2) is 5.96 Å². The van der Waals surface area contributed by atoms with Crippen LogP contribution in [0.1, 0.15) is 25.3 Å². The molecule has 1 saturated carbocycles. The molecule has 24 heavy (non-hydrogen) atoms. The van der Waals surface area contributed by atoms with Crippen molar-refractivity contribution in [2.24, 2.45) is 10.9 Å². The van der Waals surface area contributed by atoms with Gasteiger partial charge in [-0.25, -0.2) is 13.8 Å². The van der Waals surface area contributed by atoms with E-state index in [4.69, 9.17) is 4.74 Å². The summed E-state index contributed by atoms with van der Waals surface area (Å²) in [6.45, 7) is 3.75. The summed E-state index contributed by atoms with van der Waals surface area (Å²) in [4.78, 5) is 4.21. The zero-order valence-corrected chi connectivity index (χ0v) is 13.9. The van der Waals surface area contributed by atoms with Gasteiger partial charge >= 0.3 is 0 Å². The molecular formula is C17H25F2N3O2. The lowest BCUT2D eigenvalue weighted by Gasteiger charge is -2.15. The fourth-order valence-electron chi connectivity index (χ4n) is 2.10. The number of halogens is 2. The maximum atomic E-state index is 13.6. The van der Waals surface area contributed by atoms with Gasteiger partial charge in [-0.2, -0.15) is 0 Å². The highest BCUT2D eigenvalue weighted by Gasteiger charge is 2.21. The van der Waals surface area contributed by atoms with E-state index in [1.54, 1.807) is 0 Å². The Morgan fingerprint density at radius 2 is 2.17 bits per heavy atom. The van der Waals surface area contributed by atoms with Crippen LogP contribution in [0, 0.1) is 17.6 Å². The van der Waals surface area contributed by atoms with E-state index in [9.17, 15) is 13.9 Å². The molecule has 5 nitrogen and oxygen atoms in total. The first-order valence-corrected chi connectivity index (χ1v) is 8.30. The first-order chi connectivity index (χ1) is 11.6. The Bertz CT molecular complexity index is 551. The summed E-state index contributed by atoms with van der Waals surface area (Å²) in [7, 11) is 0. The molecule has 0 saturated heterocycles. The van der Waals surface area contributed by atoms with Gasteiger partial charge in [0.1, 0.15) is 11.6 Å². The van der Waals surface area contributed by atoms with Crippen molar-refractivity contribution in [1.29, 1.82) is 0 Å². The van der Waals surface area contributed by atoms with Crippen molar-refractivity contribution >= 4 is 5.96 Å². The SMILES string of the molecule is CCNC(=NCc1cc(F)ccc1F)NCC(O)COCC1CC1. The maximum absolute atomic E-state index is 13.6. The molecule has 1 aliphatic rings. The second-order valence-corrected chi connectivity index (χ2v) is 5.95. The van der Waals surface area contributed by atoms with Crippen LogP contribution in [0.25, 0.3) is 0 Å². The summed E-state index contributed by atoms with van der Waals surface area (Å²) in [6.07, 6.45) is 1.77. The van der Waals surface area contributed by atoms with Crippen molar-refractivity contribution in [2.75, 3.05) is 26.3 Å². The Balaban J connectivity index is 1.79. The van der Waals surface area contributed by atoms with Gasteiger partial charge in [0.25, 0.3) is 0 Å². The largest absolute Gasteiger partial charge is 0.389 e. The summed E-state index contributed by atoms with van der Waals surface area (Å²) in [5.74, 6) is 0.0971. The van der Waals surface area contributed by atoms with Gasteiger partial charge in [0, 0.05) is 25.3 Å². The normalized spacial score (nSPS) is 16.1. The number of nitrogens with one attached hydrogen (secondary N) is 2. The van der Waals surface area contributed by atoms with Gasteiger partial charge in [-0.15, -0.1) is 0 Å². The average molecular weight is 341 g/mol. The number of aliphatic hydroxyl groups is 1. The van der Waals surface area contributed by atoms with Gasteiger partial charge in [-0.05, 0) is 43.9 Å². The van der Waals surface area contributed by atoms with Crippen molar-refractivity contribution in [3.05, 3.63) is 35.4 Å². The zero-order valence-electron chi connectivity index (χ0n) is 13.9. The summed E-state index contributed by atoms with van der Waals surface area (Å²) in [5.41, 5.74) is 0.181. The van der Waals surface area contributed by atoms with Gasteiger partial charge in [-0.3, -0.25) is 0 Å². The third-order valence-electron chi connectivity index (χ3n) is 3.63. The topological polar surface area (TPSA) is 65.9 Å². The van der Waals surface area contributed by atoms with Crippen molar-refractivity contribution in [1.82, 2.24) is 10.6 Å². The number of benzene rings is 1. The molecule has 0 spiro atoms. The van der Waals surface area contributed by atoms with E-state index in [0.717, 1.165) is 18.2 Å². The van der Waals surface area contributed by atoms with E-state index in [2.05, 4.69) is 15.6 Å². The molecule has 7 heteroatoms. The van der Waals surface area contributed by atoms with Crippen LogP contribution in [0.2, 0.25) is 0 Å². The number of aliphatic hydroxyl groups excluding tert-OH is 1. The molecule has 1 fully saturated rings. The Hall–Kier alpha value is -1.73. The van der Waals surface area contributed by atoms with Crippen LogP contribution in [-0.2, 0) is 11.3 Å². The highest BCUT2D eigenvalue weighted by atomic mass is 19.1. The second-order valence-electron chi connectivity index (χ2n) is 5.95. The minimum Gasteiger partial charge on any atom is -0.389 e. The van der Waals surface area contributed by atoms with Crippen molar-refractivity contribution in [2.45, 2.75) is 32.4 Å². The molecule has 0 aliphatic heterocycles. The van der Waals surface area contributed by atoms with Gasteiger partial charge in [-0.1, -0.05) is 0 Å². The fraction of sp³-hybridized carbons (Fsp3) is 0.588. The summed E-state index contributed by atoms with van der Waals surface area (Å²) in [6, 6.07) is 3.29. The predicted molar refractivity (Wildman–Crippen MR) is 88.7 cm³/mol. The molecule has 1 aliphatic carbocycles. The molecule has 0 bridgehead atoms. The summed E-state index contributed by atoms with van der Waals surface area (Å²) in [5, 5.41) is 15.9. The number of rotatable bonds is 9. The Morgan fingerprint density at radius 1 is 1.38 bits per heavy atom. The molecular weight excluding hydrogens is 316 g/mol. The van der Waals surface area contributed by atoms with Crippen molar-refractivity contribution < 1.29 is 18.6 Å². The molecule has 1 unspecified atom stereocenters. The predicted octanol–water partition coefficient (Wildman–Crippen LogP) is 1.81. The van der Waals surface area contributed by atoms with Crippen LogP contribution in [0.5, 0.6) is 0 Å². The van der Waals surface area contributed by atoms with E-state index >= 15 is 0 Å². The van der Waals surface area contributed by atoms with E-state index in [1.165, 1.54) is 12.8 Å². The van der Waals surface area contributed by atoms with E-state index in [1.807, 2.05) is 6.92 Å². The smallest absolute Gasteiger partial charge is 0.191 e. The zero-order chi connectivity index (χ0) is 17.4. The molecule has 2 rings (SSSR count). The van der Waals surface area contributed by atoms with Gasteiger partial charge < -0.3 is 20.5 Å². The van der Waals surface area contributed by atoms with Crippen LogP contribution in [-0.4, -0.2) is 43.5 Å². The van der Waals surface area contributed by atoms with E-state index in [0.29, 0.717) is 25.0 Å². The highest BCUT2D eigenvalue weighted by Crippen LogP contribution is 2.28. The molecule has 0 radical (unpaired) electrons. The molecule has 0 aromatic heterocycles. The quantitative estimate of drug-likeness (QED) is 0.473. The van der Waals surface area contributed by atoms with Crippen LogP contribution in [0.3, 0.4) is 0 Å². The number of guanidine groups is 1. The standard InChI is InChI=1S/C17H25F2N3O2/c1-2-20-17(21-8-13-7-14(18)5-6-16(13)19)22-9-15(23)11-24-10-12-3-4-12/h5-7,12,15,23H,2-4,8-11H2,1H3,(H2,20,21,22). The average Bonchev–Trinajstić information content (AvgIpc) is 3.37. The lowest BCUT2D eigenvalue weighted by molar-refractivity contribution is 0.0345. The van der Waals surface area contributed by atoms with E-state index in [-0.39, 0.29) is 25.3 Å². The number of nitrogens with zero attached hydrogens (tertiary/aromatic N) is 1. The lowest BCUT2D eigenvalue weighted by Crippen LogP contribution is -2.42. The third-order valence-corrected chi connectivity index (χ3v) is 3.63. The fourth-order valence-corrected chi connectivity index (χ4v) is 2.10.